The van der Waals surface area contributed by atoms with Crippen molar-refractivity contribution in [1.29, 1.82) is 0 Å². The maximum Gasteiger partial charge on any atom is 0.241 e. The minimum atomic E-state index is -3.99. The van der Waals surface area contributed by atoms with Gasteiger partial charge in [0.25, 0.3) is 0 Å². The number of benzene rings is 1. The highest BCUT2D eigenvalue weighted by Gasteiger charge is 2.31. The summed E-state index contributed by atoms with van der Waals surface area (Å²) in [4.78, 5) is -0.303. The van der Waals surface area contributed by atoms with E-state index in [9.17, 15) is 21.2 Å². The van der Waals surface area contributed by atoms with Gasteiger partial charge in [0.1, 0.15) is 5.82 Å². The Labute approximate surface area is 117 Å². The lowest BCUT2D eigenvalue weighted by Gasteiger charge is -2.13. The quantitative estimate of drug-likeness (QED) is 0.772. The molecular formula is C11H15FN2O4S2. The number of nitrogen functional groups attached to an aromatic ring is 1. The van der Waals surface area contributed by atoms with Crippen LogP contribution >= 0.6 is 0 Å². The van der Waals surface area contributed by atoms with Gasteiger partial charge in [-0.2, -0.15) is 0 Å². The largest absolute Gasteiger partial charge is 0.398 e. The predicted molar refractivity (Wildman–Crippen MR) is 72.9 cm³/mol. The van der Waals surface area contributed by atoms with Crippen LogP contribution in [0.1, 0.15) is 12.0 Å². The number of sulfone groups is 1. The van der Waals surface area contributed by atoms with E-state index >= 15 is 0 Å². The van der Waals surface area contributed by atoms with Crippen LogP contribution in [0.4, 0.5) is 10.1 Å². The number of hydrogen-bond donors (Lipinski definition) is 2. The molecule has 1 saturated heterocycles. The van der Waals surface area contributed by atoms with E-state index in [0.29, 0.717) is 0 Å². The molecule has 1 aliphatic heterocycles. The van der Waals surface area contributed by atoms with Crippen molar-refractivity contribution in [3.05, 3.63) is 23.5 Å². The second-order valence-corrected chi connectivity index (χ2v) is 8.78. The van der Waals surface area contributed by atoms with E-state index in [1.165, 1.54) is 6.92 Å². The molecular weight excluding hydrogens is 307 g/mol. The highest BCUT2D eigenvalue weighted by molar-refractivity contribution is 7.92. The van der Waals surface area contributed by atoms with Crippen LogP contribution in [-0.2, 0) is 19.9 Å². The first-order valence-corrected chi connectivity index (χ1v) is 9.19. The molecule has 0 radical (unpaired) electrons. The molecule has 1 atom stereocenters. The molecule has 0 saturated carbocycles. The Morgan fingerprint density at radius 3 is 2.55 bits per heavy atom. The zero-order chi connectivity index (χ0) is 15.1. The average molecular weight is 322 g/mol. The van der Waals surface area contributed by atoms with Crippen molar-refractivity contribution < 1.29 is 21.2 Å². The van der Waals surface area contributed by atoms with Crippen LogP contribution in [0.5, 0.6) is 0 Å². The van der Waals surface area contributed by atoms with Crippen LogP contribution in [0.3, 0.4) is 0 Å². The SMILES string of the molecule is Cc1c(N)cc(S(=O)(=O)NC2CCS(=O)(=O)C2)cc1F. The van der Waals surface area contributed by atoms with Gasteiger partial charge in [0.05, 0.1) is 16.4 Å². The van der Waals surface area contributed by atoms with Gasteiger partial charge in [-0.15, -0.1) is 0 Å². The normalized spacial score (nSPS) is 22.0. The summed E-state index contributed by atoms with van der Waals surface area (Å²) in [6.45, 7) is 1.44. The van der Waals surface area contributed by atoms with E-state index in [2.05, 4.69) is 4.72 Å². The summed E-state index contributed by atoms with van der Waals surface area (Å²) in [5.74, 6) is -1.01. The molecule has 0 amide bonds. The predicted octanol–water partition coefficient (Wildman–Crippen LogP) is 0.182. The van der Waals surface area contributed by atoms with Crippen molar-refractivity contribution >= 4 is 25.5 Å². The van der Waals surface area contributed by atoms with Gasteiger partial charge in [0.15, 0.2) is 9.84 Å². The molecule has 20 heavy (non-hydrogen) atoms. The zero-order valence-electron chi connectivity index (χ0n) is 10.8. The topological polar surface area (TPSA) is 106 Å². The van der Waals surface area contributed by atoms with Crippen LogP contribution in [0.2, 0.25) is 0 Å². The van der Waals surface area contributed by atoms with Gasteiger partial charge >= 0.3 is 0 Å². The lowest BCUT2D eigenvalue weighted by atomic mass is 10.2. The summed E-state index contributed by atoms with van der Waals surface area (Å²) < 4.78 is 62.6. The molecule has 1 aromatic rings. The first-order valence-electron chi connectivity index (χ1n) is 5.89. The third-order valence-electron chi connectivity index (χ3n) is 3.22. The molecule has 2 rings (SSSR count). The van der Waals surface area contributed by atoms with Gasteiger partial charge in [0.2, 0.25) is 10.0 Å². The van der Waals surface area contributed by atoms with Crippen molar-refractivity contribution in [2.75, 3.05) is 17.2 Å². The first-order chi connectivity index (χ1) is 9.11. The molecule has 1 fully saturated rings. The molecule has 0 spiro atoms. The average Bonchev–Trinajstić information content (AvgIpc) is 2.64. The Morgan fingerprint density at radius 2 is 2.05 bits per heavy atom. The van der Waals surface area contributed by atoms with Gasteiger partial charge in [-0.25, -0.2) is 25.9 Å². The zero-order valence-corrected chi connectivity index (χ0v) is 12.4. The number of hydrogen-bond acceptors (Lipinski definition) is 5. The number of halogens is 1. The van der Waals surface area contributed by atoms with E-state index in [0.717, 1.165) is 12.1 Å². The maximum absolute atomic E-state index is 13.5. The number of nitrogens with two attached hydrogens (primary N) is 1. The monoisotopic (exact) mass is 322 g/mol. The van der Waals surface area contributed by atoms with Gasteiger partial charge in [-0.3, -0.25) is 0 Å². The molecule has 9 heteroatoms. The molecule has 0 aliphatic carbocycles. The molecule has 1 aliphatic rings. The molecule has 1 heterocycles. The molecule has 3 N–H and O–H groups in total. The molecule has 0 bridgehead atoms. The lowest BCUT2D eigenvalue weighted by Crippen LogP contribution is -2.35. The highest BCUT2D eigenvalue weighted by Crippen LogP contribution is 2.22. The summed E-state index contributed by atoms with van der Waals surface area (Å²) in [7, 11) is -7.19. The smallest absolute Gasteiger partial charge is 0.241 e. The van der Waals surface area contributed by atoms with Crippen molar-refractivity contribution in [3.8, 4) is 0 Å². The van der Waals surface area contributed by atoms with Crippen molar-refractivity contribution in [2.45, 2.75) is 24.3 Å². The molecule has 1 aromatic carbocycles. The third kappa shape index (κ3) is 3.10. The van der Waals surface area contributed by atoms with Gasteiger partial charge in [0, 0.05) is 17.3 Å². The molecule has 1 unspecified atom stereocenters. The maximum atomic E-state index is 13.5. The highest BCUT2D eigenvalue weighted by atomic mass is 32.2. The second-order valence-electron chi connectivity index (χ2n) is 4.84. The van der Waals surface area contributed by atoms with E-state index in [1.54, 1.807) is 0 Å². The third-order valence-corrected chi connectivity index (χ3v) is 6.49. The van der Waals surface area contributed by atoms with Crippen LogP contribution in [0.25, 0.3) is 0 Å². The molecule has 112 valence electrons. The summed E-state index contributed by atoms with van der Waals surface area (Å²) in [6, 6.07) is 1.34. The van der Waals surface area contributed by atoms with Crippen molar-refractivity contribution in [1.82, 2.24) is 4.72 Å². The van der Waals surface area contributed by atoms with Gasteiger partial charge < -0.3 is 5.73 Å². The number of sulfonamides is 1. The Bertz CT molecular complexity index is 721. The van der Waals surface area contributed by atoms with Crippen molar-refractivity contribution in [3.63, 3.8) is 0 Å². The van der Waals surface area contributed by atoms with Crippen LogP contribution in [0.15, 0.2) is 17.0 Å². The second kappa shape index (κ2) is 4.97. The number of nitrogens with one attached hydrogen (secondary N) is 1. The van der Waals surface area contributed by atoms with E-state index in [1.807, 2.05) is 0 Å². The number of rotatable bonds is 3. The summed E-state index contributed by atoms with van der Waals surface area (Å²) >= 11 is 0. The Hall–Kier alpha value is -1.19. The first kappa shape index (κ1) is 15.2. The Morgan fingerprint density at radius 1 is 1.40 bits per heavy atom. The van der Waals surface area contributed by atoms with E-state index in [-0.39, 0.29) is 34.1 Å². The standard InChI is InChI=1S/C11H15FN2O4S2/c1-7-10(12)4-9(5-11(7)13)20(17,18)14-8-2-3-19(15,16)6-8/h4-5,8,14H,2-3,6,13H2,1H3. The number of anilines is 1. The minimum absolute atomic E-state index is 0.0319. The molecule has 0 aromatic heterocycles. The Kier molecular flexibility index (Phi) is 3.78. The van der Waals surface area contributed by atoms with E-state index < -0.39 is 31.7 Å². The van der Waals surface area contributed by atoms with Crippen LogP contribution in [0, 0.1) is 12.7 Å². The summed E-state index contributed by atoms with van der Waals surface area (Å²) in [6.07, 6.45) is 0.214. The van der Waals surface area contributed by atoms with Crippen molar-refractivity contribution in [2.24, 2.45) is 0 Å². The lowest BCUT2D eigenvalue weighted by molar-refractivity contribution is 0.559. The van der Waals surface area contributed by atoms with Gasteiger partial charge in [-0.1, -0.05) is 0 Å². The molecule has 6 nitrogen and oxygen atoms in total. The fourth-order valence-corrected chi connectivity index (χ4v) is 5.10. The fraction of sp³-hybridized carbons (Fsp3) is 0.455. The summed E-state index contributed by atoms with van der Waals surface area (Å²) in [5.41, 5.74) is 5.75. The summed E-state index contributed by atoms with van der Waals surface area (Å²) in [5, 5.41) is 0. The van der Waals surface area contributed by atoms with Gasteiger partial charge in [-0.05, 0) is 25.5 Å². The van der Waals surface area contributed by atoms with Crippen LogP contribution < -0.4 is 10.5 Å². The minimum Gasteiger partial charge on any atom is -0.398 e. The fourth-order valence-electron chi connectivity index (χ4n) is 2.00. The van der Waals surface area contributed by atoms with Crippen LogP contribution in [-0.4, -0.2) is 34.4 Å². The Balaban J connectivity index is 2.28. The van der Waals surface area contributed by atoms with E-state index in [4.69, 9.17) is 5.73 Å².